The van der Waals surface area contributed by atoms with Crippen LogP contribution in [0.15, 0.2) is 53.5 Å². The average molecular weight is 325 g/mol. The third-order valence-electron chi connectivity index (χ3n) is 2.63. The molecular weight excluding hydrogens is 311 g/mol. The Morgan fingerprint density at radius 1 is 1.00 bits per heavy atom. The second kappa shape index (κ2) is 7.58. The van der Waals surface area contributed by atoms with Crippen LogP contribution in [0.25, 0.3) is 0 Å². The Morgan fingerprint density at radius 2 is 1.75 bits per heavy atom. The molecule has 2 nitrogen and oxygen atoms in total. The van der Waals surface area contributed by atoms with Crippen LogP contribution in [0.5, 0.6) is 0 Å². The third kappa shape index (κ3) is 4.75. The maximum absolute atomic E-state index is 5.97. The summed E-state index contributed by atoms with van der Waals surface area (Å²) in [5.74, 6) is 0.723. The SMILES string of the molecule is NC(=NCc1ccccc1)SCc1ccc(Cl)c(Cl)c1. The number of rotatable bonds is 4. The van der Waals surface area contributed by atoms with E-state index in [4.69, 9.17) is 28.9 Å². The fraction of sp³-hybridized carbons (Fsp3) is 0.133. The lowest BCUT2D eigenvalue weighted by Crippen LogP contribution is -2.07. The summed E-state index contributed by atoms with van der Waals surface area (Å²) in [6.45, 7) is 0.598. The van der Waals surface area contributed by atoms with E-state index >= 15 is 0 Å². The van der Waals surface area contributed by atoms with Crippen LogP contribution < -0.4 is 5.73 Å². The molecule has 0 amide bonds. The van der Waals surface area contributed by atoms with E-state index in [-0.39, 0.29) is 0 Å². The molecule has 0 saturated carbocycles. The Hall–Kier alpha value is -1.16. The zero-order valence-electron chi connectivity index (χ0n) is 10.7. The van der Waals surface area contributed by atoms with Crippen LogP contribution in [-0.4, -0.2) is 5.17 Å². The van der Waals surface area contributed by atoms with E-state index in [0.29, 0.717) is 21.8 Å². The predicted molar refractivity (Wildman–Crippen MR) is 89.5 cm³/mol. The molecule has 0 aromatic heterocycles. The first-order valence-corrected chi connectivity index (χ1v) is 7.80. The van der Waals surface area contributed by atoms with Crippen molar-refractivity contribution in [1.82, 2.24) is 0 Å². The summed E-state index contributed by atoms with van der Waals surface area (Å²) in [6, 6.07) is 15.6. The van der Waals surface area contributed by atoms with Crippen molar-refractivity contribution in [3.63, 3.8) is 0 Å². The lowest BCUT2D eigenvalue weighted by atomic mass is 10.2. The largest absolute Gasteiger partial charge is 0.379 e. The topological polar surface area (TPSA) is 38.4 Å². The number of nitrogens with two attached hydrogens (primary N) is 1. The van der Waals surface area contributed by atoms with Crippen LogP contribution in [0.3, 0.4) is 0 Å². The number of halogens is 2. The molecule has 2 rings (SSSR count). The van der Waals surface area contributed by atoms with E-state index in [1.54, 1.807) is 6.07 Å². The van der Waals surface area contributed by atoms with Gasteiger partial charge in [0, 0.05) is 5.75 Å². The van der Waals surface area contributed by atoms with Gasteiger partial charge in [-0.25, -0.2) is 0 Å². The Labute approximate surface area is 133 Å². The zero-order chi connectivity index (χ0) is 14.4. The molecule has 2 aromatic carbocycles. The van der Waals surface area contributed by atoms with Crippen molar-refractivity contribution >= 4 is 40.1 Å². The number of hydrogen-bond acceptors (Lipinski definition) is 2. The first kappa shape index (κ1) is 15.2. The molecule has 0 bridgehead atoms. The molecule has 2 N–H and O–H groups in total. The van der Waals surface area contributed by atoms with Crippen molar-refractivity contribution in [1.29, 1.82) is 0 Å². The van der Waals surface area contributed by atoms with Crippen molar-refractivity contribution < 1.29 is 0 Å². The van der Waals surface area contributed by atoms with Crippen LogP contribution in [0, 0.1) is 0 Å². The maximum Gasteiger partial charge on any atom is 0.154 e. The summed E-state index contributed by atoms with van der Waals surface area (Å²) in [7, 11) is 0. The summed E-state index contributed by atoms with van der Waals surface area (Å²) in [5, 5.41) is 1.69. The van der Waals surface area contributed by atoms with Gasteiger partial charge in [-0.2, -0.15) is 0 Å². The summed E-state index contributed by atoms with van der Waals surface area (Å²) < 4.78 is 0. The molecule has 2 aromatic rings. The smallest absolute Gasteiger partial charge is 0.154 e. The number of thioether (sulfide) groups is 1. The fourth-order valence-corrected chi connectivity index (χ4v) is 2.56. The highest BCUT2D eigenvalue weighted by atomic mass is 35.5. The second-order valence-corrected chi connectivity index (χ2v) is 5.99. The second-order valence-electron chi connectivity index (χ2n) is 4.18. The van der Waals surface area contributed by atoms with Gasteiger partial charge in [-0.3, -0.25) is 4.99 Å². The van der Waals surface area contributed by atoms with Crippen LogP contribution in [-0.2, 0) is 12.3 Å². The Morgan fingerprint density at radius 3 is 2.45 bits per heavy atom. The average Bonchev–Trinajstić information content (AvgIpc) is 2.47. The fourth-order valence-electron chi connectivity index (χ4n) is 1.58. The molecule has 0 aliphatic carbocycles. The lowest BCUT2D eigenvalue weighted by molar-refractivity contribution is 1.07. The van der Waals surface area contributed by atoms with Crippen LogP contribution in [0.2, 0.25) is 10.0 Å². The molecule has 5 heteroatoms. The van der Waals surface area contributed by atoms with Gasteiger partial charge in [0.05, 0.1) is 16.6 Å². The summed E-state index contributed by atoms with van der Waals surface area (Å²) in [4.78, 5) is 4.35. The molecule has 0 fully saturated rings. The van der Waals surface area contributed by atoms with Crippen molar-refractivity contribution in [3.05, 3.63) is 69.7 Å². The molecule has 0 atom stereocenters. The minimum Gasteiger partial charge on any atom is -0.379 e. The van der Waals surface area contributed by atoms with Crippen LogP contribution >= 0.6 is 35.0 Å². The molecule has 0 radical (unpaired) electrons. The number of nitrogens with zero attached hydrogens (tertiary/aromatic N) is 1. The van der Waals surface area contributed by atoms with Gasteiger partial charge in [0.2, 0.25) is 0 Å². The molecule has 0 heterocycles. The Bertz CT molecular complexity index is 600. The Balaban J connectivity index is 1.88. The van der Waals surface area contributed by atoms with Gasteiger partial charge in [-0.05, 0) is 23.3 Å². The molecule has 104 valence electrons. The van der Waals surface area contributed by atoms with Gasteiger partial charge in [-0.15, -0.1) is 0 Å². The molecule has 0 spiro atoms. The molecule has 0 unspecified atom stereocenters. The van der Waals surface area contributed by atoms with Gasteiger partial charge in [0.25, 0.3) is 0 Å². The molecule has 0 saturated heterocycles. The summed E-state index contributed by atoms with van der Waals surface area (Å²) in [5.41, 5.74) is 8.11. The maximum atomic E-state index is 5.97. The predicted octanol–water partition coefficient (Wildman–Crippen LogP) is 4.74. The van der Waals surface area contributed by atoms with Gasteiger partial charge in [0.1, 0.15) is 0 Å². The number of benzene rings is 2. The van der Waals surface area contributed by atoms with Crippen molar-refractivity contribution in [2.45, 2.75) is 12.3 Å². The normalized spacial score (nSPS) is 11.6. The van der Waals surface area contributed by atoms with Crippen molar-refractivity contribution in [3.8, 4) is 0 Å². The first-order chi connectivity index (χ1) is 9.65. The van der Waals surface area contributed by atoms with E-state index in [2.05, 4.69) is 4.99 Å². The number of amidine groups is 1. The molecule has 20 heavy (non-hydrogen) atoms. The lowest BCUT2D eigenvalue weighted by Gasteiger charge is -2.03. The molecule has 0 aliphatic rings. The summed E-state index contributed by atoms with van der Waals surface area (Å²) >= 11 is 13.3. The minimum atomic E-state index is 0.560. The molecule has 0 aliphatic heterocycles. The van der Waals surface area contributed by atoms with Crippen LogP contribution in [0.4, 0.5) is 0 Å². The van der Waals surface area contributed by atoms with Gasteiger partial charge in [-0.1, -0.05) is 71.4 Å². The van der Waals surface area contributed by atoms with E-state index in [1.165, 1.54) is 11.8 Å². The van der Waals surface area contributed by atoms with Crippen molar-refractivity contribution in [2.24, 2.45) is 10.7 Å². The van der Waals surface area contributed by atoms with Crippen molar-refractivity contribution in [2.75, 3.05) is 0 Å². The standard InChI is InChI=1S/C15H14Cl2N2S/c16-13-7-6-12(8-14(13)17)10-20-15(18)19-9-11-4-2-1-3-5-11/h1-8H,9-10H2,(H2,18,19). The van der Waals surface area contributed by atoms with E-state index < -0.39 is 0 Å². The molecular formula is C15H14Cl2N2S. The zero-order valence-corrected chi connectivity index (χ0v) is 13.1. The van der Waals surface area contributed by atoms with E-state index in [1.807, 2.05) is 42.5 Å². The highest BCUT2D eigenvalue weighted by Gasteiger charge is 2.01. The van der Waals surface area contributed by atoms with Gasteiger partial charge < -0.3 is 5.73 Å². The van der Waals surface area contributed by atoms with Gasteiger partial charge >= 0.3 is 0 Å². The highest BCUT2D eigenvalue weighted by Crippen LogP contribution is 2.24. The van der Waals surface area contributed by atoms with E-state index in [0.717, 1.165) is 16.9 Å². The number of aliphatic imine (C=N–C) groups is 1. The number of hydrogen-bond donors (Lipinski definition) is 1. The monoisotopic (exact) mass is 324 g/mol. The van der Waals surface area contributed by atoms with Gasteiger partial charge in [0.15, 0.2) is 5.17 Å². The first-order valence-electron chi connectivity index (χ1n) is 6.06. The quantitative estimate of drug-likeness (QED) is 0.651. The third-order valence-corrected chi connectivity index (χ3v) is 4.27. The summed E-state index contributed by atoms with van der Waals surface area (Å²) in [6.07, 6.45) is 0. The highest BCUT2D eigenvalue weighted by molar-refractivity contribution is 8.13. The van der Waals surface area contributed by atoms with E-state index in [9.17, 15) is 0 Å². The minimum absolute atomic E-state index is 0.560. The van der Waals surface area contributed by atoms with Crippen LogP contribution in [0.1, 0.15) is 11.1 Å². The Kier molecular flexibility index (Phi) is 5.77.